The van der Waals surface area contributed by atoms with Crippen molar-refractivity contribution in [3.8, 4) is 0 Å². The van der Waals surface area contributed by atoms with E-state index in [1.54, 1.807) is 0 Å². The zero-order valence-corrected chi connectivity index (χ0v) is 13.4. The molecule has 0 saturated heterocycles. The van der Waals surface area contributed by atoms with Crippen molar-refractivity contribution >= 4 is 10.0 Å². The van der Waals surface area contributed by atoms with E-state index in [0.717, 1.165) is 19.3 Å². The smallest absolute Gasteiger partial charge is 0.215 e. The predicted octanol–water partition coefficient (Wildman–Crippen LogP) is 2.25. The number of hydrogen-bond acceptors (Lipinski definition) is 3. The monoisotopic (exact) mass is 290 g/mol. The zero-order chi connectivity index (χ0) is 14.5. The molecular formula is C14H30N2O2S. The summed E-state index contributed by atoms with van der Waals surface area (Å²) in [7, 11) is -3.26. The lowest BCUT2D eigenvalue weighted by Crippen LogP contribution is -2.43. The molecule has 3 N–H and O–H groups in total. The molecule has 0 heterocycles. The summed E-state index contributed by atoms with van der Waals surface area (Å²) in [4.78, 5) is 0. The molecule has 0 spiro atoms. The Kier molecular flexibility index (Phi) is 6.27. The van der Waals surface area contributed by atoms with Crippen molar-refractivity contribution in [1.82, 2.24) is 4.72 Å². The van der Waals surface area contributed by atoms with Gasteiger partial charge in [-0.05, 0) is 37.0 Å². The van der Waals surface area contributed by atoms with Gasteiger partial charge in [0.25, 0.3) is 0 Å². The summed E-state index contributed by atoms with van der Waals surface area (Å²) in [6, 6.07) is 0. The molecule has 114 valence electrons. The largest absolute Gasteiger partial charge is 0.329 e. The maximum Gasteiger partial charge on any atom is 0.215 e. The van der Waals surface area contributed by atoms with E-state index in [9.17, 15) is 8.42 Å². The van der Waals surface area contributed by atoms with Crippen LogP contribution in [-0.4, -0.2) is 26.8 Å². The van der Waals surface area contributed by atoms with E-state index in [4.69, 9.17) is 5.73 Å². The second-order valence-electron chi connectivity index (χ2n) is 6.44. The highest BCUT2D eigenvalue weighted by Gasteiger charge is 2.36. The fourth-order valence-electron chi connectivity index (χ4n) is 3.33. The predicted molar refractivity (Wildman–Crippen MR) is 80.4 cm³/mol. The van der Waals surface area contributed by atoms with Gasteiger partial charge in [0.15, 0.2) is 0 Å². The third-order valence-corrected chi connectivity index (χ3v) is 6.26. The van der Waals surface area contributed by atoms with Crippen molar-refractivity contribution in [1.29, 1.82) is 0 Å². The Hall–Kier alpha value is -0.130. The molecule has 0 aromatic carbocycles. The van der Waals surface area contributed by atoms with Crippen LogP contribution in [0.15, 0.2) is 0 Å². The molecule has 5 heteroatoms. The quantitative estimate of drug-likeness (QED) is 0.720. The van der Waals surface area contributed by atoms with Gasteiger partial charge in [-0.3, -0.25) is 0 Å². The Morgan fingerprint density at radius 3 is 2.26 bits per heavy atom. The lowest BCUT2D eigenvalue weighted by Gasteiger charge is -2.31. The van der Waals surface area contributed by atoms with E-state index >= 15 is 0 Å². The first-order chi connectivity index (χ1) is 8.85. The van der Waals surface area contributed by atoms with Crippen molar-refractivity contribution in [2.24, 2.45) is 17.1 Å². The van der Waals surface area contributed by atoms with Crippen LogP contribution in [0.3, 0.4) is 0 Å². The summed E-state index contributed by atoms with van der Waals surface area (Å²) < 4.78 is 27.2. The molecule has 1 atom stereocenters. The second-order valence-corrected chi connectivity index (χ2v) is 8.48. The van der Waals surface area contributed by atoms with Crippen molar-refractivity contribution < 1.29 is 8.42 Å². The molecule has 0 aliphatic heterocycles. The molecule has 1 aliphatic carbocycles. The van der Waals surface area contributed by atoms with Gasteiger partial charge in [-0.25, -0.2) is 13.1 Å². The molecule has 1 fully saturated rings. The second kappa shape index (κ2) is 7.04. The van der Waals surface area contributed by atoms with Crippen LogP contribution >= 0.6 is 0 Å². The number of hydrogen-bond donors (Lipinski definition) is 2. The summed E-state index contributed by atoms with van der Waals surface area (Å²) in [6.07, 6.45) is 6.42. The summed E-state index contributed by atoms with van der Waals surface area (Å²) in [5, 5.41) is -0.454. The molecule has 0 aromatic heterocycles. The molecule has 1 aliphatic rings. The van der Waals surface area contributed by atoms with Crippen molar-refractivity contribution in [3.63, 3.8) is 0 Å². The molecule has 0 amide bonds. The average molecular weight is 290 g/mol. The normalized spacial score (nSPS) is 20.9. The minimum absolute atomic E-state index is 0.175. The Balaban J connectivity index is 2.66. The summed E-state index contributed by atoms with van der Waals surface area (Å²) >= 11 is 0. The van der Waals surface area contributed by atoms with Gasteiger partial charge < -0.3 is 5.73 Å². The number of nitrogens with two attached hydrogens (primary N) is 1. The van der Waals surface area contributed by atoms with Crippen molar-refractivity contribution in [3.05, 3.63) is 0 Å². The first kappa shape index (κ1) is 16.9. The Morgan fingerprint density at radius 2 is 1.84 bits per heavy atom. The molecule has 0 aromatic rings. The molecule has 1 unspecified atom stereocenters. The molecule has 0 bridgehead atoms. The highest BCUT2D eigenvalue weighted by molar-refractivity contribution is 7.90. The third-order valence-electron chi connectivity index (χ3n) is 4.31. The Morgan fingerprint density at radius 1 is 1.26 bits per heavy atom. The molecule has 0 radical (unpaired) electrons. The van der Waals surface area contributed by atoms with Gasteiger partial charge in [-0.1, -0.05) is 33.6 Å². The van der Waals surface area contributed by atoms with Crippen LogP contribution < -0.4 is 10.5 Å². The lowest BCUT2D eigenvalue weighted by molar-refractivity contribution is 0.236. The molecule has 4 nitrogen and oxygen atoms in total. The fourth-order valence-corrected chi connectivity index (χ4v) is 4.76. The molecule has 1 saturated carbocycles. The number of rotatable bonds is 8. The number of sulfonamides is 1. The topological polar surface area (TPSA) is 72.2 Å². The van der Waals surface area contributed by atoms with Crippen LogP contribution in [0.1, 0.15) is 59.3 Å². The number of nitrogens with one attached hydrogen (secondary N) is 1. The maximum absolute atomic E-state index is 12.2. The van der Waals surface area contributed by atoms with Crippen LogP contribution in [0.5, 0.6) is 0 Å². The van der Waals surface area contributed by atoms with Gasteiger partial charge in [-0.15, -0.1) is 0 Å². The van der Waals surface area contributed by atoms with Gasteiger partial charge in [0.2, 0.25) is 10.0 Å². The Bertz CT molecular complexity index is 356. The van der Waals surface area contributed by atoms with E-state index < -0.39 is 15.3 Å². The third kappa shape index (κ3) is 4.72. The zero-order valence-electron chi connectivity index (χ0n) is 12.6. The van der Waals surface area contributed by atoms with Crippen molar-refractivity contribution in [2.45, 2.75) is 64.5 Å². The highest BCUT2D eigenvalue weighted by Crippen LogP contribution is 2.42. The van der Waals surface area contributed by atoms with Gasteiger partial charge in [0.05, 0.1) is 5.25 Å². The van der Waals surface area contributed by atoms with Crippen molar-refractivity contribution in [2.75, 3.05) is 13.1 Å². The minimum Gasteiger partial charge on any atom is -0.329 e. The van der Waals surface area contributed by atoms with E-state index in [1.807, 2.05) is 6.92 Å². The van der Waals surface area contributed by atoms with Crippen LogP contribution in [0, 0.1) is 11.3 Å². The van der Waals surface area contributed by atoms with Gasteiger partial charge in [-0.2, -0.15) is 0 Å². The van der Waals surface area contributed by atoms with E-state index in [1.165, 1.54) is 12.8 Å². The standard InChI is InChI=1S/C14H30N2O2S/c1-4-13(10-15)19(17,18)16-11-14(9-12(2)3)7-5-6-8-14/h12-13,16H,4-11,15H2,1-3H3. The van der Waals surface area contributed by atoms with E-state index in [-0.39, 0.29) is 12.0 Å². The van der Waals surface area contributed by atoms with Crippen LogP contribution in [0.2, 0.25) is 0 Å². The van der Waals surface area contributed by atoms with Gasteiger partial charge in [0, 0.05) is 13.1 Å². The maximum atomic E-state index is 12.2. The fraction of sp³-hybridized carbons (Fsp3) is 1.00. The minimum atomic E-state index is -3.26. The molecule has 19 heavy (non-hydrogen) atoms. The average Bonchev–Trinajstić information content (AvgIpc) is 2.76. The Labute approximate surface area is 118 Å². The summed E-state index contributed by atoms with van der Waals surface area (Å²) in [5.41, 5.74) is 5.72. The summed E-state index contributed by atoms with van der Waals surface area (Å²) in [6.45, 7) is 7.08. The first-order valence-electron chi connectivity index (χ1n) is 7.54. The molecule has 1 rings (SSSR count). The highest BCUT2D eigenvalue weighted by atomic mass is 32.2. The first-order valence-corrected chi connectivity index (χ1v) is 9.08. The van der Waals surface area contributed by atoms with Crippen LogP contribution in [0.25, 0.3) is 0 Å². The van der Waals surface area contributed by atoms with E-state index in [0.29, 0.717) is 18.9 Å². The SMILES string of the molecule is CCC(CN)S(=O)(=O)NCC1(CC(C)C)CCCC1. The summed E-state index contributed by atoms with van der Waals surface area (Å²) in [5.74, 6) is 0.610. The van der Waals surface area contributed by atoms with E-state index in [2.05, 4.69) is 18.6 Å². The van der Waals surface area contributed by atoms with Gasteiger partial charge >= 0.3 is 0 Å². The molecular weight excluding hydrogens is 260 g/mol. The van der Waals surface area contributed by atoms with Gasteiger partial charge in [0.1, 0.15) is 0 Å². The van der Waals surface area contributed by atoms with Crippen LogP contribution in [0.4, 0.5) is 0 Å². The van der Waals surface area contributed by atoms with Crippen LogP contribution in [-0.2, 0) is 10.0 Å². The lowest BCUT2D eigenvalue weighted by atomic mass is 9.79.